The molecule has 1 fully saturated rings. The van der Waals surface area contributed by atoms with Crippen molar-refractivity contribution < 1.29 is 14.0 Å². The number of aryl methyl sites for hydroxylation is 1. The van der Waals surface area contributed by atoms with Gasteiger partial charge >= 0.3 is 0 Å². The van der Waals surface area contributed by atoms with Crippen LogP contribution in [0.1, 0.15) is 45.4 Å². The predicted molar refractivity (Wildman–Crippen MR) is 113 cm³/mol. The SMILES string of the molecule is Cn1ccc(C(=O)N2CCC(C(NC(=O)c3cccc(F)c3)c3ccccn3)CC2)n1. The van der Waals surface area contributed by atoms with Crippen molar-refractivity contribution in [3.8, 4) is 0 Å². The van der Waals surface area contributed by atoms with Gasteiger partial charge < -0.3 is 10.2 Å². The van der Waals surface area contributed by atoms with Crippen LogP contribution in [0.15, 0.2) is 60.9 Å². The summed E-state index contributed by atoms with van der Waals surface area (Å²) in [5.74, 6) is -0.789. The highest BCUT2D eigenvalue weighted by Gasteiger charge is 2.32. The molecule has 1 N–H and O–H groups in total. The maximum absolute atomic E-state index is 13.6. The molecule has 0 aliphatic carbocycles. The zero-order valence-electron chi connectivity index (χ0n) is 17.2. The van der Waals surface area contributed by atoms with Crippen molar-refractivity contribution in [3.63, 3.8) is 0 Å². The van der Waals surface area contributed by atoms with Gasteiger partial charge in [0.15, 0.2) is 0 Å². The monoisotopic (exact) mass is 421 g/mol. The average molecular weight is 421 g/mol. The van der Waals surface area contributed by atoms with Crippen molar-refractivity contribution in [3.05, 3.63) is 83.7 Å². The summed E-state index contributed by atoms with van der Waals surface area (Å²) in [5.41, 5.74) is 1.45. The lowest BCUT2D eigenvalue weighted by Crippen LogP contribution is -2.43. The summed E-state index contributed by atoms with van der Waals surface area (Å²) in [4.78, 5) is 31.7. The van der Waals surface area contributed by atoms with Crippen LogP contribution >= 0.6 is 0 Å². The molecule has 1 aliphatic rings. The van der Waals surface area contributed by atoms with Crippen LogP contribution in [0.5, 0.6) is 0 Å². The lowest BCUT2D eigenvalue weighted by atomic mass is 9.87. The molecule has 31 heavy (non-hydrogen) atoms. The number of carbonyl (C=O) groups excluding carboxylic acids is 2. The van der Waals surface area contributed by atoms with E-state index in [-0.39, 0.29) is 29.3 Å². The molecule has 1 saturated heterocycles. The summed E-state index contributed by atoms with van der Waals surface area (Å²) in [6.07, 6.45) is 4.86. The van der Waals surface area contributed by atoms with Gasteiger partial charge in [0.25, 0.3) is 11.8 Å². The maximum Gasteiger partial charge on any atom is 0.274 e. The first-order valence-corrected chi connectivity index (χ1v) is 10.3. The minimum Gasteiger partial charge on any atom is -0.343 e. The fourth-order valence-electron chi connectivity index (χ4n) is 3.97. The molecule has 2 aromatic heterocycles. The van der Waals surface area contributed by atoms with E-state index in [9.17, 15) is 14.0 Å². The largest absolute Gasteiger partial charge is 0.343 e. The number of pyridine rings is 1. The summed E-state index contributed by atoms with van der Waals surface area (Å²) in [7, 11) is 1.78. The molecule has 1 unspecified atom stereocenters. The van der Waals surface area contributed by atoms with E-state index in [1.54, 1.807) is 41.2 Å². The Bertz CT molecular complexity index is 1060. The number of aromatic nitrogens is 3. The summed E-state index contributed by atoms with van der Waals surface area (Å²) >= 11 is 0. The molecule has 0 saturated carbocycles. The topological polar surface area (TPSA) is 80.1 Å². The Hall–Kier alpha value is -3.55. The summed E-state index contributed by atoms with van der Waals surface area (Å²) in [6, 6.07) is 12.6. The first kappa shape index (κ1) is 20.7. The molecule has 1 aliphatic heterocycles. The lowest BCUT2D eigenvalue weighted by Gasteiger charge is -2.36. The van der Waals surface area contributed by atoms with E-state index in [2.05, 4.69) is 15.4 Å². The van der Waals surface area contributed by atoms with Gasteiger partial charge in [-0.2, -0.15) is 5.10 Å². The minimum atomic E-state index is -0.455. The first-order valence-electron chi connectivity index (χ1n) is 10.3. The number of piperidine rings is 1. The molecule has 1 aromatic carbocycles. The highest BCUT2D eigenvalue weighted by Crippen LogP contribution is 2.30. The Balaban J connectivity index is 1.48. The van der Waals surface area contributed by atoms with E-state index >= 15 is 0 Å². The average Bonchev–Trinajstić information content (AvgIpc) is 3.24. The summed E-state index contributed by atoms with van der Waals surface area (Å²) in [6.45, 7) is 1.14. The number of hydrogen-bond donors (Lipinski definition) is 1. The second-order valence-electron chi connectivity index (χ2n) is 7.72. The van der Waals surface area contributed by atoms with E-state index in [1.807, 2.05) is 18.2 Å². The number of nitrogens with one attached hydrogen (secondary N) is 1. The molecule has 3 aromatic rings. The van der Waals surface area contributed by atoms with Crippen LogP contribution in [-0.4, -0.2) is 44.6 Å². The maximum atomic E-state index is 13.6. The number of nitrogens with zero attached hydrogens (tertiary/aromatic N) is 4. The molecule has 0 spiro atoms. The quantitative estimate of drug-likeness (QED) is 0.687. The number of hydrogen-bond acceptors (Lipinski definition) is 4. The lowest BCUT2D eigenvalue weighted by molar-refractivity contribution is 0.0651. The molecule has 0 bridgehead atoms. The van der Waals surface area contributed by atoms with Crippen LogP contribution in [0.3, 0.4) is 0 Å². The molecule has 4 rings (SSSR count). The van der Waals surface area contributed by atoms with Gasteiger partial charge in [-0.1, -0.05) is 12.1 Å². The van der Waals surface area contributed by atoms with Crippen LogP contribution in [0, 0.1) is 11.7 Å². The van der Waals surface area contributed by atoms with E-state index in [0.29, 0.717) is 31.6 Å². The second-order valence-corrected chi connectivity index (χ2v) is 7.72. The molecular weight excluding hydrogens is 397 g/mol. The van der Waals surface area contributed by atoms with Gasteiger partial charge in [0.05, 0.1) is 11.7 Å². The molecule has 1 atom stereocenters. The third-order valence-corrected chi connectivity index (χ3v) is 5.61. The van der Waals surface area contributed by atoms with Gasteiger partial charge in [-0.25, -0.2) is 4.39 Å². The summed E-state index contributed by atoms with van der Waals surface area (Å²) in [5, 5.41) is 7.23. The third-order valence-electron chi connectivity index (χ3n) is 5.61. The van der Waals surface area contributed by atoms with E-state index < -0.39 is 5.82 Å². The Morgan fingerprint density at radius 1 is 1.13 bits per heavy atom. The highest BCUT2D eigenvalue weighted by atomic mass is 19.1. The van der Waals surface area contributed by atoms with E-state index in [0.717, 1.165) is 5.69 Å². The van der Waals surface area contributed by atoms with Crippen molar-refractivity contribution in [2.24, 2.45) is 13.0 Å². The predicted octanol–water partition coefficient (Wildman–Crippen LogP) is 2.98. The second kappa shape index (κ2) is 9.07. The van der Waals surface area contributed by atoms with Gasteiger partial charge in [0.1, 0.15) is 11.5 Å². The number of rotatable bonds is 5. The molecule has 3 heterocycles. The van der Waals surface area contributed by atoms with Crippen LogP contribution < -0.4 is 5.32 Å². The van der Waals surface area contributed by atoms with E-state index in [4.69, 9.17) is 0 Å². The van der Waals surface area contributed by atoms with Gasteiger partial charge in [-0.15, -0.1) is 0 Å². The smallest absolute Gasteiger partial charge is 0.274 e. The Morgan fingerprint density at radius 2 is 1.94 bits per heavy atom. The van der Waals surface area contributed by atoms with Crippen LogP contribution in [0.4, 0.5) is 4.39 Å². The molecular formula is C23H24FN5O2. The van der Waals surface area contributed by atoms with E-state index in [1.165, 1.54) is 18.2 Å². The van der Waals surface area contributed by atoms with Crippen molar-refractivity contribution in [2.75, 3.05) is 13.1 Å². The van der Waals surface area contributed by atoms with Crippen LogP contribution in [0.2, 0.25) is 0 Å². The third kappa shape index (κ3) is 4.79. The molecule has 0 radical (unpaired) electrons. The Labute approximate surface area is 179 Å². The standard InChI is InChI=1S/C23H24FN5O2/c1-28-12-10-20(27-28)23(31)29-13-8-16(9-14-29)21(19-7-2-3-11-25-19)26-22(30)17-5-4-6-18(24)15-17/h2-7,10-12,15-16,21H,8-9,13-14H2,1H3,(H,26,30). The van der Waals surface area contributed by atoms with Crippen LogP contribution in [-0.2, 0) is 7.05 Å². The Kier molecular flexibility index (Phi) is 6.06. The number of carbonyl (C=O) groups is 2. The zero-order valence-corrected chi connectivity index (χ0v) is 17.2. The van der Waals surface area contributed by atoms with Crippen molar-refractivity contribution >= 4 is 11.8 Å². The van der Waals surface area contributed by atoms with Crippen molar-refractivity contribution in [1.82, 2.24) is 25.0 Å². The normalized spacial score (nSPS) is 15.5. The van der Waals surface area contributed by atoms with Gasteiger partial charge in [-0.05, 0) is 55.2 Å². The first-order chi connectivity index (χ1) is 15.0. The molecule has 8 heteroatoms. The van der Waals surface area contributed by atoms with Gasteiger partial charge in [0, 0.05) is 38.1 Å². The van der Waals surface area contributed by atoms with Crippen molar-refractivity contribution in [1.29, 1.82) is 0 Å². The van der Waals surface area contributed by atoms with Crippen molar-refractivity contribution in [2.45, 2.75) is 18.9 Å². The highest BCUT2D eigenvalue weighted by molar-refractivity contribution is 5.94. The number of amides is 2. The number of benzene rings is 1. The van der Waals surface area contributed by atoms with Crippen LogP contribution in [0.25, 0.3) is 0 Å². The minimum absolute atomic E-state index is 0.0859. The zero-order chi connectivity index (χ0) is 21.8. The fraction of sp³-hybridized carbons (Fsp3) is 0.304. The fourth-order valence-corrected chi connectivity index (χ4v) is 3.97. The van der Waals surface area contributed by atoms with Gasteiger partial charge in [0.2, 0.25) is 0 Å². The molecule has 160 valence electrons. The number of likely N-dealkylation sites (tertiary alicyclic amines) is 1. The summed E-state index contributed by atoms with van der Waals surface area (Å²) < 4.78 is 15.2. The number of halogens is 1. The molecule has 7 nitrogen and oxygen atoms in total. The van der Waals surface area contributed by atoms with Gasteiger partial charge in [-0.3, -0.25) is 19.3 Å². The molecule has 2 amide bonds. The Morgan fingerprint density at radius 3 is 2.58 bits per heavy atom.